The van der Waals surface area contributed by atoms with E-state index in [4.69, 9.17) is 0 Å². The molecule has 0 aliphatic heterocycles. The molecule has 0 aromatic heterocycles. The van der Waals surface area contributed by atoms with Crippen molar-refractivity contribution in [2.24, 2.45) is 0 Å². The van der Waals surface area contributed by atoms with Gasteiger partial charge in [0.25, 0.3) is 0 Å². The van der Waals surface area contributed by atoms with Gasteiger partial charge in [0.1, 0.15) is 6.54 Å². The van der Waals surface area contributed by atoms with Crippen LogP contribution in [0, 0.1) is 0 Å². The number of alkyl halides is 3. The largest absolute Gasteiger partial charge is 0.465 e. The van der Waals surface area contributed by atoms with Gasteiger partial charge in [-0.3, -0.25) is 4.79 Å². The second kappa shape index (κ2) is 6.23. The Labute approximate surface area is 113 Å². The number of rotatable bonds is 5. The maximum atomic E-state index is 12.7. The zero-order chi connectivity index (χ0) is 15.4. The topological polar surface area (TPSA) is 72.5 Å². The summed E-state index contributed by atoms with van der Waals surface area (Å²) in [7, 11) is -4.46. The predicted molar refractivity (Wildman–Crippen MR) is 63.3 cm³/mol. The second-order valence-corrected chi connectivity index (χ2v) is 5.36. The fourth-order valence-corrected chi connectivity index (χ4v) is 2.57. The molecule has 1 aromatic carbocycles. The Morgan fingerprint density at radius 2 is 1.90 bits per heavy atom. The van der Waals surface area contributed by atoms with E-state index in [2.05, 4.69) is 4.74 Å². The molecule has 9 heteroatoms. The Bertz CT molecular complexity index is 584. The fourth-order valence-electron chi connectivity index (χ4n) is 1.38. The number of carbonyl (C=O) groups excluding carboxylic acids is 1. The molecule has 0 saturated carbocycles. The zero-order valence-corrected chi connectivity index (χ0v) is 11.2. The van der Waals surface area contributed by atoms with Crippen molar-refractivity contribution in [2.75, 3.05) is 13.2 Å². The number of benzene rings is 1. The maximum absolute atomic E-state index is 12.7. The highest BCUT2D eigenvalue weighted by Gasteiger charge is 2.36. The van der Waals surface area contributed by atoms with Gasteiger partial charge in [-0.1, -0.05) is 12.1 Å². The zero-order valence-electron chi connectivity index (χ0n) is 10.4. The molecule has 0 saturated heterocycles. The van der Waals surface area contributed by atoms with Crippen molar-refractivity contribution in [3.05, 3.63) is 29.8 Å². The van der Waals surface area contributed by atoms with Crippen LogP contribution in [0.15, 0.2) is 29.2 Å². The van der Waals surface area contributed by atoms with Gasteiger partial charge in [0, 0.05) is 0 Å². The van der Waals surface area contributed by atoms with Crippen LogP contribution in [0.5, 0.6) is 0 Å². The third-order valence-electron chi connectivity index (χ3n) is 2.19. The minimum Gasteiger partial charge on any atom is -0.465 e. The summed E-state index contributed by atoms with van der Waals surface area (Å²) in [4.78, 5) is 10.1. The highest BCUT2D eigenvalue weighted by atomic mass is 32.2. The molecular weight excluding hydrogens is 299 g/mol. The second-order valence-electron chi connectivity index (χ2n) is 3.62. The minimum atomic E-state index is -4.81. The molecule has 0 spiro atoms. The van der Waals surface area contributed by atoms with Gasteiger partial charge in [-0.25, -0.2) is 8.42 Å². The monoisotopic (exact) mass is 311 g/mol. The van der Waals surface area contributed by atoms with Gasteiger partial charge in [0.05, 0.1) is 17.1 Å². The lowest BCUT2D eigenvalue weighted by Gasteiger charge is -2.13. The van der Waals surface area contributed by atoms with Crippen LogP contribution in [-0.4, -0.2) is 27.5 Å². The number of esters is 1. The molecular formula is C11H12F3NO4S. The first-order valence-electron chi connectivity index (χ1n) is 5.50. The number of nitrogens with one attached hydrogen (secondary N) is 1. The molecule has 0 fully saturated rings. The SMILES string of the molecule is CCOC(=O)CNS(=O)(=O)c1ccccc1C(F)(F)F. The Hall–Kier alpha value is -1.61. The molecule has 1 aromatic rings. The predicted octanol–water partition coefficient (Wildman–Crippen LogP) is 1.55. The van der Waals surface area contributed by atoms with Gasteiger partial charge in [0.15, 0.2) is 0 Å². The van der Waals surface area contributed by atoms with E-state index in [0.717, 1.165) is 18.2 Å². The Morgan fingerprint density at radius 3 is 2.45 bits per heavy atom. The van der Waals surface area contributed by atoms with Crippen molar-refractivity contribution in [3.63, 3.8) is 0 Å². The lowest BCUT2D eigenvalue weighted by atomic mass is 10.2. The van der Waals surface area contributed by atoms with Gasteiger partial charge in [-0.2, -0.15) is 17.9 Å². The molecule has 0 aliphatic carbocycles. The van der Waals surface area contributed by atoms with E-state index in [9.17, 15) is 26.4 Å². The highest BCUT2D eigenvalue weighted by Crippen LogP contribution is 2.33. The molecule has 20 heavy (non-hydrogen) atoms. The van der Waals surface area contributed by atoms with Crippen molar-refractivity contribution in [1.82, 2.24) is 4.72 Å². The summed E-state index contributed by atoms with van der Waals surface area (Å²) in [5, 5.41) is 0. The molecule has 0 radical (unpaired) electrons. The molecule has 0 amide bonds. The smallest absolute Gasteiger partial charge is 0.417 e. The first-order chi connectivity index (χ1) is 9.18. The van der Waals surface area contributed by atoms with Crippen molar-refractivity contribution < 1.29 is 31.1 Å². The summed E-state index contributed by atoms with van der Waals surface area (Å²) >= 11 is 0. The average molecular weight is 311 g/mol. The molecule has 0 aliphatic rings. The molecule has 1 rings (SSSR count). The number of sulfonamides is 1. The molecule has 0 bridgehead atoms. The van der Waals surface area contributed by atoms with Gasteiger partial charge in [-0.15, -0.1) is 0 Å². The van der Waals surface area contributed by atoms with Gasteiger partial charge >= 0.3 is 12.1 Å². The van der Waals surface area contributed by atoms with E-state index < -0.39 is 39.2 Å². The maximum Gasteiger partial charge on any atom is 0.417 e. The summed E-state index contributed by atoms with van der Waals surface area (Å²) in [6, 6.07) is 3.70. The Kier molecular flexibility index (Phi) is 5.12. The van der Waals surface area contributed by atoms with Crippen molar-refractivity contribution >= 4 is 16.0 Å². The van der Waals surface area contributed by atoms with Crippen LogP contribution in [0.4, 0.5) is 13.2 Å². The molecule has 112 valence electrons. The van der Waals surface area contributed by atoms with Crippen LogP contribution in [-0.2, 0) is 25.7 Å². The number of ether oxygens (including phenoxy) is 1. The van der Waals surface area contributed by atoms with Gasteiger partial charge in [-0.05, 0) is 19.1 Å². The van der Waals surface area contributed by atoms with Crippen LogP contribution < -0.4 is 4.72 Å². The standard InChI is InChI=1S/C11H12F3NO4S/c1-2-19-10(16)7-15-20(17,18)9-6-4-3-5-8(9)11(12,13)14/h3-6,15H,2,7H2,1H3. The van der Waals surface area contributed by atoms with Crippen molar-refractivity contribution in [3.8, 4) is 0 Å². The third-order valence-corrected chi connectivity index (χ3v) is 3.65. The number of hydrogen-bond donors (Lipinski definition) is 1. The summed E-state index contributed by atoms with van der Waals surface area (Å²) in [5.41, 5.74) is -1.30. The first-order valence-corrected chi connectivity index (χ1v) is 6.98. The van der Waals surface area contributed by atoms with E-state index in [-0.39, 0.29) is 6.61 Å². The molecule has 1 N–H and O–H groups in total. The van der Waals surface area contributed by atoms with E-state index in [1.807, 2.05) is 0 Å². The van der Waals surface area contributed by atoms with E-state index in [1.54, 1.807) is 4.72 Å². The van der Waals surface area contributed by atoms with Gasteiger partial charge in [0.2, 0.25) is 10.0 Å². The fraction of sp³-hybridized carbons (Fsp3) is 0.364. The molecule has 0 heterocycles. The van der Waals surface area contributed by atoms with Crippen LogP contribution in [0.25, 0.3) is 0 Å². The highest BCUT2D eigenvalue weighted by molar-refractivity contribution is 7.89. The van der Waals surface area contributed by atoms with Crippen LogP contribution >= 0.6 is 0 Å². The summed E-state index contributed by atoms with van der Waals surface area (Å²) in [6.45, 7) is 0.827. The van der Waals surface area contributed by atoms with Crippen molar-refractivity contribution in [1.29, 1.82) is 0 Å². The molecule has 0 unspecified atom stereocenters. The Balaban J connectivity index is 3.02. The summed E-state index contributed by atoms with van der Waals surface area (Å²) in [6.07, 6.45) is -4.81. The van der Waals surface area contributed by atoms with E-state index in [1.165, 1.54) is 6.92 Å². The number of hydrogen-bond acceptors (Lipinski definition) is 4. The van der Waals surface area contributed by atoms with Crippen LogP contribution in [0.2, 0.25) is 0 Å². The van der Waals surface area contributed by atoms with E-state index >= 15 is 0 Å². The van der Waals surface area contributed by atoms with Crippen LogP contribution in [0.3, 0.4) is 0 Å². The third kappa shape index (κ3) is 4.20. The average Bonchev–Trinajstić information content (AvgIpc) is 2.36. The van der Waals surface area contributed by atoms with Crippen molar-refractivity contribution in [2.45, 2.75) is 18.0 Å². The number of carbonyl (C=O) groups is 1. The molecule has 0 atom stereocenters. The van der Waals surface area contributed by atoms with Gasteiger partial charge < -0.3 is 4.74 Å². The lowest BCUT2D eigenvalue weighted by molar-refractivity contribution is -0.141. The molecule has 5 nitrogen and oxygen atoms in total. The summed E-state index contributed by atoms with van der Waals surface area (Å²) in [5.74, 6) is -0.874. The summed E-state index contributed by atoms with van der Waals surface area (Å²) < 4.78 is 68.0. The Morgan fingerprint density at radius 1 is 1.30 bits per heavy atom. The lowest BCUT2D eigenvalue weighted by Crippen LogP contribution is -2.32. The van der Waals surface area contributed by atoms with Crippen LogP contribution in [0.1, 0.15) is 12.5 Å². The first kappa shape index (κ1) is 16.4. The minimum absolute atomic E-state index is 0.0414. The number of halogens is 3. The van der Waals surface area contributed by atoms with E-state index in [0.29, 0.717) is 6.07 Å². The quantitative estimate of drug-likeness (QED) is 0.837. The normalized spacial score (nSPS) is 12.2.